The summed E-state index contributed by atoms with van der Waals surface area (Å²) in [6.07, 6.45) is 5.10. The maximum absolute atomic E-state index is 10.4. The second kappa shape index (κ2) is 3.62. The molecule has 0 aromatic heterocycles. The summed E-state index contributed by atoms with van der Waals surface area (Å²) in [6, 6.07) is 6.92. The van der Waals surface area contributed by atoms with Crippen molar-refractivity contribution in [3.05, 3.63) is 29.8 Å². The molecule has 2 rings (SSSR count). The third-order valence-corrected chi connectivity index (χ3v) is 3.09. The normalized spacial score (nSPS) is 20.6. The van der Waals surface area contributed by atoms with Crippen molar-refractivity contribution in [3.8, 4) is 5.75 Å². The van der Waals surface area contributed by atoms with E-state index in [-0.39, 0.29) is 5.75 Å². The van der Waals surface area contributed by atoms with Crippen molar-refractivity contribution in [2.75, 3.05) is 0 Å². The fourth-order valence-electron chi connectivity index (χ4n) is 2.20. The number of benzene rings is 1. The van der Waals surface area contributed by atoms with E-state index in [1.165, 1.54) is 6.42 Å². The first-order chi connectivity index (χ1) is 6.71. The van der Waals surface area contributed by atoms with Gasteiger partial charge in [-0.1, -0.05) is 31.4 Å². The molecule has 14 heavy (non-hydrogen) atoms. The lowest BCUT2D eigenvalue weighted by atomic mass is 9.80. The van der Waals surface area contributed by atoms with Crippen LogP contribution < -0.4 is 0 Å². The topological polar surface area (TPSA) is 40.5 Å². The van der Waals surface area contributed by atoms with Crippen LogP contribution in [0.15, 0.2) is 24.3 Å². The molecule has 0 radical (unpaired) electrons. The molecule has 2 nitrogen and oxygen atoms in total. The predicted octanol–water partition coefficient (Wildman–Crippen LogP) is 2.54. The summed E-state index contributed by atoms with van der Waals surface area (Å²) in [5, 5.41) is 19.5. The van der Waals surface area contributed by atoms with E-state index >= 15 is 0 Å². The summed E-state index contributed by atoms with van der Waals surface area (Å²) in [5.41, 5.74) is 0.293. The van der Waals surface area contributed by atoms with Gasteiger partial charge in [0.05, 0.1) is 5.60 Å². The Bertz CT molecular complexity index is 297. The highest BCUT2D eigenvalue weighted by molar-refractivity contribution is 5.30. The number of aliphatic hydroxyl groups is 1. The monoisotopic (exact) mass is 192 g/mol. The van der Waals surface area contributed by atoms with E-state index in [9.17, 15) is 5.11 Å². The van der Waals surface area contributed by atoms with Gasteiger partial charge in [0.1, 0.15) is 5.75 Å². The Morgan fingerprint density at radius 1 is 0.929 bits per heavy atom. The molecule has 0 spiro atoms. The van der Waals surface area contributed by atoms with Crippen molar-refractivity contribution in [1.82, 2.24) is 0 Å². The molecule has 1 aliphatic carbocycles. The van der Waals surface area contributed by atoms with Gasteiger partial charge in [0.15, 0.2) is 0 Å². The lowest BCUT2D eigenvalue weighted by Crippen LogP contribution is -2.28. The molecule has 2 N–H and O–H groups in total. The smallest absolute Gasteiger partial charge is 0.115 e. The summed E-state index contributed by atoms with van der Waals surface area (Å²) < 4.78 is 0. The number of phenols is 1. The Hall–Kier alpha value is -1.02. The molecule has 2 heteroatoms. The molecule has 1 aromatic rings. The zero-order valence-electron chi connectivity index (χ0n) is 8.24. The van der Waals surface area contributed by atoms with Crippen LogP contribution in [0.3, 0.4) is 0 Å². The lowest BCUT2D eigenvalue weighted by molar-refractivity contribution is -0.000648. The van der Waals surface area contributed by atoms with Gasteiger partial charge in [-0.3, -0.25) is 0 Å². The minimum absolute atomic E-state index is 0.258. The molecule has 76 valence electrons. The Labute approximate surface area is 84.2 Å². The molecule has 1 saturated carbocycles. The maximum atomic E-state index is 10.4. The first-order valence-electron chi connectivity index (χ1n) is 5.23. The molecule has 0 aliphatic heterocycles. The number of hydrogen-bond donors (Lipinski definition) is 2. The quantitative estimate of drug-likeness (QED) is 0.717. The minimum Gasteiger partial charge on any atom is -0.508 e. The SMILES string of the molecule is Oc1ccc(C2(O)CCCCC2)cc1. The fourth-order valence-corrected chi connectivity index (χ4v) is 2.20. The van der Waals surface area contributed by atoms with Gasteiger partial charge in [-0.25, -0.2) is 0 Å². The predicted molar refractivity (Wildman–Crippen MR) is 55.1 cm³/mol. The molecule has 0 saturated heterocycles. The van der Waals surface area contributed by atoms with E-state index in [2.05, 4.69) is 0 Å². The summed E-state index contributed by atoms with van der Waals surface area (Å²) in [6.45, 7) is 0. The molecule has 0 heterocycles. The Balaban J connectivity index is 2.23. The molecule has 0 unspecified atom stereocenters. The summed E-state index contributed by atoms with van der Waals surface area (Å²) in [7, 11) is 0. The van der Waals surface area contributed by atoms with Gasteiger partial charge in [0.25, 0.3) is 0 Å². The largest absolute Gasteiger partial charge is 0.508 e. The first kappa shape index (κ1) is 9.53. The molecular formula is C12H16O2. The van der Waals surface area contributed by atoms with Gasteiger partial charge in [0.2, 0.25) is 0 Å². The molecular weight excluding hydrogens is 176 g/mol. The summed E-state index contributed by atoms with van der Waals surface area (Å²) in [4.78, 5) is 0. The highest BCUT2D eigenvalue weighted by atomic mass is 16.3. The molecule has 1 aliphatic rings. The summed E-state index contributed by atoms with van der Waals surface area (Å²) in [5.74, 6) is 0.258. The Morgan fingerprint density at radius 2 is 1.50 bits per heavy atom. The molecule has 0 atom stereocenters. The van der Waals surface area contributed by atoms with E-state index < -0.39 is 5.60 Å². The standard InChI is InChI=1S/C12H16O2/c13-11-6-4-10(5-7-11)12(14)8-2-1-3-9-12/h4-7,13-14H,1-3,8-9H2. The summed E-state index contributed by atoms with van der Waals surface area (Å²) >= 11 is 0. The number of hydrogen-bond acceptors (Lipinski definition) is 2. The van der Waals surface area contributed by atoms with Gasteiger partial charge in [-0.2, -0.15) is 0 Å². The molecule has 0 amide bonds. The van der Waals surface area contributed by atoms with Crippen LogP contribution in [0.5, 0.6) is 5.75 Å². The third-order valence-electron chi connectivity index (χ3n) is 3.09. The van der Waals surface area contributed by atoms with Gasteiger partial charge < -0.3 is 10.2 Å². The molecule has 1 fully saturated rings. The van der Waals surface area contributed by atoms with E-state index in [1.807, 2.05) is 12.1 Å². The second-order valence-corrected chi connectivity index (χ2v) is 4.14. The number of rotatable bonds is 1. The van der Waals surface area contributed by atoms with E-state index in [0.29, 0.717) is 0 Å². The second-order valence-electron chi connectivity index (χ2n) is 4.14. The van der Waals surface area contributed by atoms with Gasteiger partial charge in [0, 0.05) is 0 Å². The van der Waals surface area contributed by atoms with Crippen molar-refractivity contribution in [1.29, 1.82) is 0 Å². The van der Waals surface area contributed by atoms with E-state index in [1.54, 1.807) is 12.1 Å². The van der Waals surface area contributed by atoms with Crippen molar-refractivity contribution in [2.24, 2.45) is 0 Å². The van der Waals surface area contributed by atoms with Crippen molar-refractivity contribution in [3.63, 3.8) is 0 Å². The van der Waals surface area contributed by atoms with E-state index in [4.69, 9.17) is 5.11 Å². The highest BCUT2D eigenvalue weighted by Gasteiger charge is 2.30. The van der Waals surface area contributed by atoms with E-state index in [0.717, 1.165) is 31.2 Å². The van der Waals surface area contributed by atoms with Crippen LogP contribution >= 0.6 is 0 Å². The third kappa shape index (κ3) is 1.75. The molecule has 0 bridgehead atoms. The average Bonchev–Trinajstić information content (AvgIpc) is 2.19. The zero-order valence-corrected chi connectivity index (χ0v) is 8.24. The highest BCUT2D eigenvalue weighted by Crippen LogP contribution is 2.37. The van der Waals surface area contributed by atoms with Crippen LogP contribution in [0, 0.1) is 0 Å². The zero-order chi connectivity index (χ0) is 10.0. The number of aromatic hydroxyl groups is 1. The van der Waals surface area contributed by atoms with Crippen molar-refractivity contribution >= 4 is 0 Å². The van der Waals surface area contributed by atoms with Crippen LogP contribution in [-0.4, -0.2) is 10.2 Å². The minimum atomic E-state index is -0.647. The maximum Gasteiger partial charge on any atom is 0.115 e. The Morgan fingerprint density at radius 3 is 2.07 bits per heavy atom. The first-order valence-corrected chi connectivity index (χ1v) is 5.23. The van der Waals surface area contributed by atoms with Crippen LogP contribution in [0.2, 0.25) is 0 Å². The number of phenolic OH excluding ortho intramolecular Hbond substituents is 1. The average molecular weight is 192 g/mol. The van der Waals surface area contributed by atoms with Crippen LogP contribution in [-0.2, 0) is 5.60 Å². The van der Waals surface area contributed by atoms with Gasteiger partial charge in [-0.15, -0.1) is 0 Å². The van der Waals surface area contributed by atoms with Crippen LogP contribution in [0.4, 0.5) is 0 Å². The van der Waals surface area contributed by atoms with Gasteiger partial charge >= 0.3 is 0 Å². The van der Waals surface area contributed by atoms with Crippen molar-refractivity contribution < 1.29 is 10.2 Å². The Kier molecular flexibility index (Phi) is 2.46. The van der Waals surface area contributed by atoms with Crippen molar-refractivity contribution in [2.45, 2.75) is 37.7 Å². The fraction of sp³-hybridized carbons (Fsp3) is 0.500. The van der Waals surface area contributed by atoms with Gasteiger partial charge in [-0.05, 0) is 30.5 Å². The van der Waals surface area contributed by atoms with Crippen LogP contribution in [0.25, 0.3) is 0 Å². The lowest BCUT2D eigenvalue weighted by Gasteiger charge is -2.32. The van der Waals surface area contributed by atoms with Crippen LogP contribution in [0.1, 0.15) is 37.7 Å². The molecule has 1 aromatic carbocycles.